The van der Waals surface area contributed by atoms with Gasteiger partial charge in [0.05, 0.1) is 10.3 Å². The third-order valence-electron chi connectivity index (χ3n) is 4.27. The van der Waals surface area contributed by atoms with Crippen LogP contribution in [0.2, 0.25) is 0 Å². The second kappa shape index (κ2) is 10.2. The molecule has 0 heterocycles. The van der Waals surface area contributed by atoms with Crippen LogP contribution in [0.25, 0.3) is 0 Å². The number of allylic oxidation sites excluding steroid dienone is 1. The summed E-state index contributed by atoms with van der Waals surface area (Å²) in [4.78, 5) is 12.1. The zero-order valence-electron chi connectivity index (χ0n) is 15.8. The van der Waals surface area contributed by atoms with Gasteiger partial charge in [-0.1, -0.05) is 82.2 Å². The fraction of sp³-hybridized carbons (Fsp3) is 0.450. The molecule has 0 aliphatic carbocycles. The molecule has 0 radical (unpaired) electrons. The predicted molar refractivity (Wildman–Crippen MR) is 117 cm³/mol. The van der Waals surface area contributed by atoms with Gasteiger partial charge < -0.3 is 4.74 Å². The Labute approximate surface area is 168 Å². The van der Waals surface area contributed by atoms with Crippen LogP contribution in [0.4, 0.5) is 0 Å². The number of esters is 1. The van der Waals surface area contributed by atoms with E-state index in [1.54, 1.807) is 0 Å². The molecule has 6 heteroatoms. The summed E-state index contributed by atoms with van der Waals surface area (Å²) in [6, 6.07) is 11.9. The number of benzene rings is 1. The smallest absolute Gasteiger partial charge is 0.306 e. The Morgan fingerprint density at radius 3 is 2.54 bits per heavy atom. The van der Waals surface area contributed by atoms with Gasteiger partial charge in [-0.3, -0.25) is 4.79 Å². The standard InChI is InChI=1S/C20H26NO2PS2/c1-6-19(2,3)24(5)15-23-17(22)12-13-20(4,14-21)26-18(25)16-10-8-7-9-11-16/h6-11H,1,12-13,15H2,2-5H3. The van der Waals surface area contributed by atoms with Gasteiger partial charge in [-0.25, -0.2) is 0 Å². The van der Waals surface area contributed by atoms with Gasteiger partial charge in [-0.15, -0.1) is 6.58 Å². The van der Waals surface area contributed by atoms with E-state index in [0.29, 0.717) is 17.0 Å². The summed E-state index contributed by atoms with van der Waals surface area (Å²) < 4.78 is 5.31. The number of ether oxygens (including phenoxy) is 1. The lowest BCUT2D eigenvalue weighted by atomic mass is 10.1. The van der Waals surface area contributed by atoms with Crippen LogP contribution in [0.1, 0.15) is 39.2 Å². The van der Waals surface area contributed by atoms with Gasteiger partial charge in [-0.05, 0) is 25.6 Å². The number of nitrogens with zero attached hydrogens (tertiary/aromatic N) is 1. The lowest BCUT2D eigenvalue weighted by Crippen LogP contribution is -2.22. The first-order valence-corrected chi connectivity index (χ1v) is 11.5. The van der Waals surface area contributed by atoms with Crippen molar-refractivity contribution in [3.05, 3.63) is 48.6 Å². The molecule has 0 aliphatic rings. The molecule has 0 aromatic heterocycles. The van der Waals surface area contributed by atoms with Crippen molar-refractivity contribution in [3.8, 4) is 6.07 Å². The van der Waals surface area contributed by atoms with E-state index < -0.39 is 12.7 Å². The Morgan fingerprint density at radius 1 is 1.38 bits per heavy atom. The highest BCUT2D eigenvalue weighted by atomic mass is 32.2. The molecule has 140 valence electrons. The first-order chi connectivity index (χ1) is 12.1. The zero-order chi connectivity index (χ0) is 19.8. The van der Waals surface area contributed by atoms with Crippen LogP contribution in [0, 0.1) is 11.3 Å². The molecule has 0 saturated heterocycles. The minimum Gasteiger partial charge on any atom is -0.461 e. The minimum absolute atomic E-state index is 0.0332. The summed E-state index contributed by atoms with van der Waals surface area (Å²) in [5, 5.41) is 9.53. The fourth-order valence-electron chi connectivity index (χ4n) is 1.87. The number of thioether (sulfide) groups is 1. The first kappa shape index (κ1) is 22.8. The summed E-state index contributed by atoms with van der Waals surface area (Å²) in [6.45, 7) is 11.9. The lowest BCUT2D eigenvalue weighted by Gasteiger charge is -2.28. The summed E-state index contributed by atoms with van der Waals surface area (Å²) in [6.07, 6.45) is 2.91. The number of hydrogen-bond acceptors (Lipinski definition) is 5. The van der Waals surface area contributed by atoms with Gasteiger partial charge in [0.25, 0.3) is 0 Å². The van der Waals surface area contributed by atoms with E-state index in [9.17, 15) is 10.1 Å². The number of nitriles is 1. The predicted octanol–water partition coefficient (Wildman–Crippen LogP) is 5.73. The van der Waals surface area contributed by atoms with Crippen molar-refractivity contribution in [1.29, 1.82) is 5.26 Å². The van der Waals surface area contributed by atoms with Crippen molar-refractivity contribution < 1.29 is 9.53 Å². The monoisotopic (exact) mass is 407 g/mol. The molecule has 2 unspecified atom stereocenters. The number of carbonyl (C=O) groups excluding carboxylic acids is 1. The zero-order valence-corrected chi connectivity index (χ0v) is 18.3. The highest BCUT2D eigenvalue weighted by Crippen LogP contribution is 2.46. The third-order valence-corrected chi connectivity index (χ3v) is 8.59. The Morgan fingerprint density at radius 2 is 2.00 bits per heavy atom. The SMILES string of the molecule is C=CC(C)(C)P(C)COC(=O)CCC(C)(C#N)SC(=S)c1ccccc1. The number of hydrogen-bond donors (Lipinski definition) is 0. The summed E-state index contributed by atoms with van der Waals surface area (Å²) in [5.41, 5.74) is 0.917. The topological polar surface area (TPSA) is 50.1 Å². The van der Waals surface area contributed by atoms with Crippen molar-refractivity contribution in [1.82, 2.24) is 0 Å². The van der Waals surface area contributed by atoms with Crippen LogP contribution in [0.3, 0.4) is 0 Å². The van der Waals surface area contributed by atoms with Crippen LogP contribution >= 0.6 is 31.9 Å². The summed E-state index contributed by atoms with van der Waals surface area (Å²) in [5.74, 6) is -0.271. The van der Waals surface area contributed by atoms with E-state index in [0.717, 1.165) is 5.56 Å². The highest BCUT2D eigenvalue weighted by molar-refractivity contribution is 8.24. The van der Waals surface area contributed by atoms with E-state index in [2.05, 4.69) is 33.2 Å². The molecule has 1 rings (SSSR count). The largest absolute Gasteiger partial charge is 0.461 e. The molecule has 0 saturated carbocycles. The van der Waals surface area contributed by atoms with Crippen molar-refractivity contribution in [3.63, 3.8) is 0 Å². The molecule has 0 amide bonds. The molecule has 3 nitrogen and oxygen atoms in total. The first-order valence-electron chi connectivity index (χ1n) is 8.33. The lowest BCUT2D eigenvalue weighted by molar-refractivity contribution is -0.141. The van der Waals surface area contributed by atoms with Gasteiger partial charge in [-0.2, -0.15) is 5.26 Å². The van der Waals surface area contributed by atoms with Crippen LogP contribution in [0.15, 0.2) is 43.0 Å². The van der Waals surface area contributed by atoms with Gasteiger partial charge in [0.15, 0.2) is 0 Å². The molecular formula is C20H26NO2PS2. The maximum Gasteiger partial charge on any atom is 0.306 e. The van der Waals surface area contributed by atoms with Crippen LogP contribution < -0.4 is 0 Å². The van der Waals surface area contributed by atoms with E-state index >= 15 is 0 Å². The third kappa shape index (κ3) is 7.19. The Balaban J connectivity index is 2.54. The minimum atomic E-state index is -0.761. The van der Waals surface area contributed by atoms with E-state index in [4.69, 9.17) is 17.0 Å². The number of carbonyl (C=O) groups is 1. The maximum absolute atomic E-state index is 12.1. The maximum atomic E-state index is 12.1. The van der Waals surface area contributed by atoms with Gasteiger partial charge in [0, 0.05) is 11.6 Å². The normalized spacial score (nSPS) is 14.6. The van der Waals surface area contributed by atoms with Crippen molar-refractivity contribution in [2.24, 2.45) is 0 Å². The van der Waals surface area contributed by atoms with Gasteiger partial charge in [0.1, 0.15) is 11.1 Å². The van der Waals surface area contributed by atoms with Crippen LogP contribution in [-0.2, 0) is 9.53 Å². The number of thiocarbonyl (C=S) groups is 1. The molecule has 0 bridgehead atoms. The van der Waals surface area contributed by atoms with Crippen LogP contribution in [-0.4, -0.2) is 33.1 Å². The Bertz CT molecular complexity index is 685. The molecule has 0 fully saturated rings. The summed E-state index contributed by atoms with van der Waals surface area (Å²) >= 11 is 6.77. The van der Waals surface area contributed by atoms with E-state index in [-0.39, 0.29) is 17.5 Å². The van der Waals surface area contributed by atoms with E-state index in [1.165, 1.54) is 11.8 Å². The van der Waals surface area contributed by atoms with Gasteiger partial charge in [0.2, 0.25) is 0 Å². The molecule has 2 atom stereocenters. The van der Waals surface area contributed by atoms with Crippen molar-refractivity contribution >= 4 is 42.1 Å². The summed E-state index contributed by atoms with van der Waals surface area (Å²) in [7, 11) is -0.495. The van der Waals surface area contributed by atoms with Crippen LogP contribution in [0.5, 0.6) is 0 Å². The second-order valence-electron chi connectivity index (χ2n) is 6.80. The van der Waals surface area contributed by atoms with Gasteiger partial charge >= 0.3 is 5.97 Å². The average molecular weight is 408 g/mol. The Kier molecular flexibility index (Phi) is 8.96. The average Bonchev–Trinajstić information content (AvgIpc) is 2.65. The molecule has 1 aromatic rings. The molecular weight excluding hydrogens is 381 g/mol. The van der Waals surface area contributed by atoms with Crippen molar-refractivity contribution in [2.45, 2.75) is 43.5 Å². The quantitative estimate of drug-likeness (QED) is 0.226. The molecule has 0 aliphatic heterocycles. The molecule has 0 N–H and O–H groups in total. The molecule has 26 heavy (non-hydrogen) atoms. The Hall–Kier alpha value is -1.21. The highest BCUT2D eigenvalue weighted by Gasteiger charge is 2.29. The number of rotatable bonds is 9. The second-order valence-corrected chi connectivity index (χ2v) is 11.8. The van der Waals surface area contributed by atoms with E-state index in [1.807, 2.05) is 43.3 Å². The fourth-order valence-corrected chi connectivity index (χ4v) is 4.45. The van der Waals surface area contributed by atoms with Crippen molar-refractivity contribution in [2.75, 3.05) is 13.0 Å². The molecule has 0 spiro atoms. The molecule has 1 aromatic carbocycles.